The molecule has 2 rings (SSSR count). The highest BCUT2D eigenvalue weighted by atomic mass is 16.5. The van der Waals surface area contributed by atoms with Crippen LogP contribution in [0.15, 0.2) is 30.3 Å². The molecule has 2 N–H and O–H groups in total. The summed E-state index contributed by atoms with van der Waals surface area (Å²) in [6.45, 7) is 2.57. The number of primary amides is 1. The van der Waals surface area contributed by atoms with Crippen LogP contribution in [-0.4, -0.2) is 36.6 Å². The first-order valence-electron chi connectivity index (χ1n) is 5.42. The van der Waals surface area contributed by atoms with Crippen LogP contribution in [0.2, 0.25) is 0 Å². The molecule has 0 spiro atoms. The number of hydrogen-bond acceptors (Lipinski definition) is 3. The van der Waals surface area contributed by atoms with Gasteiger partial charge in [0, 0.05) is 13.1 Å². The molecule has 1 saturated heterocycles. The zero-order valence-electron chi connectivity index (χ0n) is 9.13. The average molecular weight is 220 g/mol. The van der Waals surface area contributed by atoms with Gasteiger partial charge in [0.05, 0.1) is 13.2 Å². The van der Waals surface area contributed by atoms with E-state index in [1.807, 2.05) is 30.3 Å². The van der Waals surface area contributed by atoms with Gasteiger partial charge in [-0.2, -0.15) is 0 Å². The number of carbonyl (C=O) groups excluding carboxylic acids is 1. The zero-order chi connectivity index (χ0) is 11.4. The molecule has 1 aliphatic heterocycles. The largest absolute Gasteiger partial charge is 0.378 e. The molecule has 1 aliphatic rings. The van der Waals surface area contributed by atoms with E-state index in [1.54, 1.807) is 0 Å². The van der Waals surface area contributed by atoms with E-state index in [0.29, 0.717) is 13.2 Å². The van der Waals surface area contributed by atoms with E-state index in [9.17, 15) is 4.79 Å². The fourth-order valence-corrected chi connectivity index (χ4v) is 1.91. The van der Waals surface area contributed by atoms with Gasteiger partial charge in [-0.3, -0.25) is 9.69 Å². The first-order valence-corrected chi connectivity index (χ1v) is 5.42. The minimum Gasteiger partial charge on any atom is -0.378 e. The maximum absolute atomic E-state index is 11.3. The van der Waals surface area contributed by atoms with Gasteiger partial charge in [-0.1, -0.05) is 30.3 Å². The third-order valence-electron chi connectivity index (χ3n) is 2.80. The molecule has 4 heteroatoms. The fraction of sp³-hybridized carbons (Fsp3) is 0.417. The first kappa shape index (κ1) is 11.1. The molecule has 0 aromatic heterocycles. The van der Waals surface area contributed by atoms with Gasteiger partial charge in [-0.05, 0) is 5.56 Å². The van der Waals surface area contributed by atoms with Gasteiger partial charge in [-0.25, -0.2) is 0 Å². The molecule has 0 bridgehead atoms. The lowest BCUT2D eigenvalue weighted by Gasteiger charge is -2.33. The van der Waals surface area contributed by atoms with Crippen molar-refractivity contribution in [2.24, 2.45) is 5.73 Å². The topological polar surface area (TPSA) is 55.6 Å². The third kappa shape index (κ3) is 2.59. The summed E-state index contributed by atoms with van der Waals surface area (Å²) < 4.78 is 5.27. The van der Waals surface area contributed by atoms with Crippen LogP contribution in [0.25, 0.3) is 0 Å². The Morgan fingerprint density at radius 1 is 1.44 bits per heavy atom. The lowest BCUT2D eigenvalue weighted by Crippen LogP contribution is -2.51. The molecule has 0 aliphatic carbocycles. The number of rotatable bonds is 3. The molecular weight excluding hydrogens is 204 g/mol. The Labute approximate surface area is 95.0 Å². The van der Waals surface area contributed by atoms with Crippen molar-refractivity contribution in [1.82, 2.24) is 4.90 Å². The number of morpholine rings is 1. The quantitative estimate of drug-likeness (QED) is 0.801. The van der Waals surface area contributed by atoms with Crippen molar-refractivity contribution in [3.63, 3.8) is 0 Å². The molecule has 1 atom stereocenters. The molecule has 0 saturated carbocycles. The Kier molecular flexibility index (Phi) is 3.54. The summed E-state index contributed by atoms with van der Waals surface area (Å²) >= 11 is 0. The zero-order valence-corrected chi connectivity index (χ0v) is 9.13. The summed E-state index contributed by atoms with van der Waals surface area (Å²) in [5.74, 6) is -0.310. The van der Waals surface area contributed by atoms with Crippen LogP contribution in [-0.2, 0) is 16.1 Å². The van der Waals surface area contributed by atoms with Gasteiger partial charge in [0.2, 0.25) is 5.91 Å². The van der Waals surface area contributed by atoms with Crippen molar-refractivity contribution < 1.29 is 9.53 Å². The molecular formula is C12H16N2O2. The Morgan fingerprint density at radius 2 is 2.19 bits per heavy atom. The van der Waals surface area contributed by atoms with Gasteiger partial charge < -0.3 is 10.5 Å². The Bertz CT molecular complexity index is 353. The number of carbonyl (C=O) groups is 1. The monoisotopic (exact) mass is 220 g/mol. The van der Waals surface area contributed by atoms with Crippen molar-refractivity contribution in [2.75, 3.05) is 19.8 Å². The summed E-state index contributed by atoms with van der Waals surface area (Å²) in [7, 11) is 0. The van der Waals surface area contributed by atoms with Crippen molar-refractivity contribution in [3.05, 3.63) is 35.9 Å². The molecule has 1 fully saturated rings. The Hall–Kier alpha value is -1.39. The molecule has 1 heterocycles. The molecule has 4 nitrogen and oxygen atoms in total. The lowest BCUT2D eigenvalue weighted by atomic mass is 10.1. The van der Waals surface area contributed by atoms with Crippen molar-refractivity contribution in [2.45, 2.75) is 12.6 Å². The summed E-state index contributed by atoms with van der Waals surface area (Å²) in [5.41, 5.74) is 6.54. The van der Waals surface area contributed by atoms with Crippen molar-refractivity contribution in [1.29, 1.82) is 0 Å². The second kappa shape index (κ2) is 5.09. The van der Waals surface area contributed by atoms with Crippen molar-refractivity contribution >= 4 is 5.91 Å². The van der Waals surface area contributed by atoms with Gasteiger partial charge in [0.25, 0.3) is 0 Å². The highest BCUT2D eigenvalue weighted by Crippen LogP contribution is 2.11. The second-order valence-electron chi connectivity index (χ2n) is 3.95. The van der Waals surface area contributed by atoms with Crippen LogP contribution in [0.5, 0.6) is 0 Å². The minimum atomic E-state index is -0.310. The third-order valence-corrected chi connectivity index (χ3v) is 2.80. The van der Waals surface area contributed by atoms with E-state index in [2.05, 4.69) is 4.90 Å². The first-order chi connectivity index (χ1) is 7.77. The summed E-state index contributed by atoms with van der Waals surface area (Å²) in [4.78, 5) is 13.3. The van der Waals surface area contributed by atoms with E-state index < -0.39 is 0 Å². The molecule has 1 amide bonds. The number of benzene rings is 1. The van der Waals surface area contributed by atoms with Crippen LogP contribution >= 0.6 is 0 Å². The van der Waals surface area contributed by atoms with Gasteiger partial charge >= 0.3 is 0 Å². The van der Waals surface area contributed by atoms with Gasteiger partial charge in [0.15, 0.2) is 0 Å². The van der Waals surface area contributed by atoms with E-state index in [4.69, 9.17) is 10.5 Å². The van der Waals surface area contributed by atoms with Gasteiger partial charge in [-0.15, -0.1) is 0 Å². The average Bonchev–Trinajstić information content (AvgIpc) is 2.31. The number of hydrogen-bond donors (Lipinski definition) is 1. The van der Waals surface area contributed by atoms with Crippen LogP contribution in [0.3, 0.4) is 0 Å². The predicted octanol–water partition coefficient (Wildman–Crippen LogP) is 0.373. The summed E-state index contributed by atoms with van der Waals surface area (Å²) in [5, 5.41) is 0. The van der Waals surface area contributed by atoms with Crippen LogP contribution in [0.1, 0.15) is 5.56 Å². The molecule has 86 valence electrons. The molecule has 1 aromatic rings. The van der Waals surface area contributed by atoms with E-state index in [-0.39, 0.29) is 11.9 Å². The van der Waals surface area contributed by atoms with Crippen LogP contribution in [0, 0.1) is 0 Å². The number of amides is 1. The highest BCUT2D eigenvalue weighted by molar-refractivity contribution is 5.80. The molecule has 0 unspecified atom stereocenters. The van der Waals surface area contributed by atoms with Crippen molar-refractivity contribution in [3.8, 4) is 0 Å². The highest BCUT2D eigenvalue weighted by Gasteiger charge is 2.27. The molecule has 0 radical (unpaired) electrons. The predicted molar refractivity (Wildman–Crippen MR) is 60.7 cm³/mol. The maximum Gasteiger partial charge on any atom is 0.237 e. The standard InChI is InChI=1S/C12H16N2O2/c13-12(15)11-9-16-7-6-14(11)8-10-4-2-1-3-5-10/h1-5,11H,6-9H2,(H2,13,15)/t11-/m0/s1. The van der Waals surface area contributed by atoms with E-state index >= 15 is 0 Å². The number of ether oxygens (including phenoxy) is 1. The van der Waals surface area contributed by atoms with Gasteiger partial charge in [0.1, 0.15) is 6.04 Å². The van der Waals surface area contributed by atoms with E-state index in [0.717, 1.165) is 13.1 Å². The Morgan fingerprint density at radius 3 is 2.88 bits per heavy atom. The fourth-order valence-electron chi connectivity index (χ4n) is 1.91. The summed E-state index contributed by atoms with van der Waals surface area (Å²) in [6.07, 6.45) is 0. The molecule has 1 aromatic carbocycles. The van der Waals surface area contributed by atoms with E-state index in [1.165, 1.54) is 5.56 Å². The summed E-state index contributed by atoms with van der Waals surface area (Å²) in [6, 6.07) is 9.77. The number of nitrogens with zero attached hydrogens (tertiary/aromatic N) is 1. The lowest BCUT2D eigenvalue weighted by molar-refractivity contribution is -0.129. The number of nitrogens with two attached hydrogens (primary N) is 1. The maximum atomic E-state index is 11.3. The molecule has 16 heavy (non-hydrogen) atoms. The SMILES string of the molecule is NC(=O)[C@@H]1COCCN1Cc1ccccc1. The van der Waals surface area contributed by atoms with Crippen LogP contribution < -0.4 is 5.73 Å². The van der Waals surface area contributed by atoms with Crippen LogP contribution in [0.4, 0.5) is 0 Å². The Balaban J connectivity index is 2.04. The second-order valence-corrected chi connectivity index (χ2v) is 3.95. The smallest absolute Gasteiger partial charge is 0.237 e. The normalized spacial score (nSPS) is 21.9. The minimum absolute atomic E-state index is 0.297.